The molecule has 1 aromatic rings. The van der Waals surface area contributed by atoms with Gasteiger partial charge in [-0.05, 0) is 40.9 Å². The van der Waals surface area contributed by atoms with Crippen LogP contribution >= 0.6 is 15.9 Å². The number of nitrogens with two attached hydrogens (primary N) is 1. The predicted molar refractivity (Wildman–Crippen MR) is 63.8 cm³/mol. The lowest BCUT2D eigenvalue weighted by Gasteiger charge is -2.22. The summed E-state index contributed by atoms with van der Waals surface area (Å²) in [7, 11) is 0. The summed E-state index contributed by atoms with van der Waals surface area (Å²) in [6, 6.07) is 2.30. The summed E-state index contributed by atoms with van der Waals surface area (Å²) in [4.78, 5) is 12.1. The van der Waals surface area contributed by atoms with Gasteiger partial charge in [0.25, 0.3) is 0 Å². The SMILES string of the molecule is NC1(C(=O)c2c(F)ccc(Br)c2F)CCCC1. The first kappa shape index (κ1) is 12.6. The fourth-order valence-electron chi connectivity index (χ4n) is 2.22. The van der Waals surface area contributed by atoms with E-state index in [-0.39, 0.29) is 4.47 Å². The summed E-state index contributed by atoms with van der Waals surface area (Å²) in [5, 5.41) is 0. The highest BCUT2D eigenvalue weighted by molar-refractivity contribution is 9.10. The molecule has 0 heterocycles. The molecular formula is C12H12BrF2NO. The zero-order chi connectivity index (χ0) is 12.6. The Labute approximate surface area is 106 Å². The molecule has 0 saturated heterocycles. The Morgan fingerprint density at radius 3 is 2.47 bits per heavy atom. The minimum absolute atomic E-state index is 0.0730. The number of hydrogen-bond acceptors (Lipinski definition) is 2. The van der Waals surface area contributed by atoms with Gasteiger partial charge in [0.15, 0.2) is 11.6 Å². The molecule has 0 atom stereocenters. The molecular weight excluding hydrogens is 292 g/mol. The molecule has 17 heavy (non-hydrogen) atoms. The minimum atomic E-state index is -1.11. The molecule has 0 amide bonds. The first-order valence-corrected chi connectivity index (χ1v) is 6.22. The van der Waals surface area contributed by atoms with Crippen molar-refractivity contribution >= 4 is 21.7 Å². The van der Waals surface area contributed by atoms with Crippen molar-refractivity contribution in [3.63, 3.8) is 0 Å². The quantitative estimate of drug-likeness (QED) is 0.673. The molecule has 1 saturated carbocycles. The van der Waals surface area contributed by atoms with E-state index >= 15 is 0 Å². The molecule has 92 valence electrons. The van der Waals surface area contributed by atoms with E-state index in [0.29, 0.717) is 12.8 Å². The molecule has 2 nitrogen and oxygen atoms in total. The average Bonchev–Trinajstić information content (AvgIpc) is 2.72. The van der Waals surface area contributed by atoms with Crippen LogP contribution in [0, 0.1) is 11.6 Å². The third-order valence-corrected chi connectivity index (χ3v) is 3.83. The van der Waals surface area contributed by atoms with Crippen LogP contribution in [0.3, 0.4) is 0 Å². The minimum Gasteiger partial charge on any atom is -0.319 e. The molecule has 0 aromatic heterocycles. The molecule has 1 fully saturated rings. The van der Waals surface area contributed by atoms with Gasteiger partial charge < -0.3 is 5.73 Å². The molecule has 0 unspecified atom stereocenters. The van der Waals surface area contributed by atoms with E-state index in [1.54, 1.807) is 0 Å². The number of halogens is 3. The van der Waals surface area contributed by atoms with Gasteiger partial charge in [-0.15, -0.1) is 0 Å². The normalized spacial score (nSPS) is 18.4. The van der Waals surface area contributed by atoms with Crippen molar-refractivity contribution in [2.24, 2.45) is 5.73 Å². The molecule has 2 rings (SSSR count). The van der Waals surface area contributed by atoms with Gasteiger partial charge in [-0.3, -0.25) is 4.79 Å². The number of carbonyl (C=O) groups is 1. The van der Waals surface area contributed by atoms with Crippen LogP contribution in [0.2, 0.25) is 0 Å². The van der Waals surface area contributed by atoms with Crippen LogP contribution in [0.1, 0.15) is 36.0 Å². The first-order chi connectivity index (χ1) is 7.96. The van der Waals surface area contributed by atoms with Crippen molar-refractivity contribution in [2.75, 3.05) is 0 Å². The van der Waals surface area contributed by atoms with Gasteiger partial charge in [0.1, 0.15) is 5.82 Å². The second-order valence-electron chi connectivity index (χ2n) is 4.41. The van der Waals surface area contributed by atoms with Gasteiger partial charge in [-0.25, -0.2) is 8.78 Å². The van der Waals surface area contributed by atoms with E-state index < -0.39 is 28.5 Å². The fraction of sp³-hybridized carbons (Fsp3) is 0.417. The van der Waals surface area contributed by atoms with Crippen molar-refractivity contribution in [1.82, 2.24) is 0 Å². The third kappa shape index (κ3) is 2.13. The van der Waals surface area contributed by atoms with Crippen molar-refractivity contribution in [2.45, 2.75) is 31.2 Å². The maximum atomic E-state index is 13.8. The summed E-state index contributed by atoms with van der Waals surface area (Å²) in [5.41, 5.74) is 4.29. The van der Waals surface area contributed by atoms with Crippen LogP contribution in [0.25, 0.3) is 0 Å². The van der Waals surface area contributed by atoms with E-state index in [4.69, 9.17) is 5.73 Å². The first-order valence-electron chi connectivity index (χ1n) is 5.43. The highest BCUT2D eigenvalue weighted by Crippen LogP contribution is 2.33. The molecule has 1 aromatic carbocycles. The monoisotopic (exact) mass is 303 g/mol. The predicted octanol–water partition coefficient (Wildman–Crippen LogP) is 3.18. The van der Waals surface area contributed by atoms with Crippen LogP contribution in [0.4, 0.5) is 8.78 Å². The van der Waals surface area contributed by atoms with Crippen LogP contribution in [0.15, 0.2) is 16.6 Å². The Morgan fingerprint density at radius 2 is 1.88 bits per heavy atom. The van der Waals surface area contributed by atoms with Crippen molar-refractivity contribution in [3.8, 4) is 0 Å². The van der Waals surface area contributed by atoms with E-state index in [0.717, 1.165) is 18.9 Å². The topological polar surface area (TPSA) is 43.1 Å². The van der Waals surface area contributed by atoms with E-state index in [2.05, 4.69) is 15.9 Å². The highest BCUT2D eigenvalue weighted by atomic mass is 79.9. The van der Waals surface area contributed by atoms with Crippen LogP contribution in [0.5, 0.6) is 0 Å². The lowest BCUT2D eigenvalue weighted by atomic mass is 9.88. The zero-order valence-electron chi connectivity index (χ0n) is 9.10. The summed E-state index contributed by atoms with van der Waals surface area (Å²) in [5.74, 6) is -2.36. The largest absolute Gasteiger partial charge is 0.319 e. The van der Waals surface area contributed by atoms with Crippen LogP contribution < -0.4 is 5.73 Å². The lowest BCUT2D eigenvalue weighted by molar-refractivity contribution is 0.0883. The second kappa shape index (κ2) is 4.46. The molecule has 1 aliphatic rings. The maximum absolute atomic E-state index is 13.8. The van der Waals surface area contributed by atoms with E-state index in [1.165, 1.54) is 6.07 Å². The lowest BCUT2D eigenvalue weighted by Crippen LogP contribution is -2.46. The Bertz CT molecular complexity index is 470. The molecule has 5 heteroatoms. The number of benzene rings is 1. The number of rotatable bonds is 2. The van der Waals surface area contributed by atoms with Crippen LogP contribution in [-0.4, -0.2) is 11.3 Å². The molecule has 2 N–H and O–H groups in total. The average molecular weight is 304 g/mol. The Hall–Kier alpha value is -0.810. The van der Waals surface area contributed by atoms with E-state index in [9.17, 15) is 13.6 Å². The summed E-state index contributed by atoms with van der Waals surface area (Å²) in [6.45, 7) is 0. The summed E-state index contributed by atoms with van der Waals surface area (Å²) < 4.78 is 27.4. The standard InChI is InChI=1S/C12H12BrF2NO/c13-7-3-4-8(14)9(10(7)15)11(17)12(16)5-1-2-6-12/h3-4H,1-2,5-6,16H2. The van der Waals surface area contributed by atoms with E-state index in [1.807, 2.05) is 0 Å². The van der Waals surface area contributed by atoms with Gasteiger partial charge in [0.05, 0.1) is 15.6 Å². The number of carbonyl (C=O) groups excluding carboxylic acids is 1. The fourth-order valence-corrected chi connectivity index (χ4v) is 2.55. The van der Waals surface area contributed by atoms with Gasteiger partial charge in [-0.1, -0.05) is 12.8 Å². The van der Waals surface area contributed by atoms with Crippen LogP contribution in [-0.2, 0) is 0 Å². The van der Waals surface area contributed by atoms with Crippen molar-refractivity contribution in [3.05, 3.63) is 33.8 Å². The maximum Gasteiger partial charge on any atom is 0.188 e. The second-order valence-corrected chi connectivity index (χ2v) is 5.26. The summed E-state index contributed by atoms with van der Waals surface area (Å²) >= 11 is 2.94. The zero-order valence-corrected chi connectivity index (χ0v) is 10.7. The third-order valence-electron chi connectivity index (χ3n) is 3.22. The molecule has 0 bridgehead atoms. The smallest absolute Gasteiger partial charge is 0.188 e. The highest BCUT2D eigenvalue weighted by Gasteiger charge is 2.40. The van der Waals surface area contributed by atoms with Crippen molar-refractivity contribution in [1.29, 1.82) is 0 Å². The number of hydrogen-bond donors (Lipinski definition) is 1. The molecule has 0 aliphatic heterocycles. The van der Waals surface area contributed by atoms with Gasteiger partial charge in [-0.2, -0.15) is 0 Å². The van der Waals surface area contributed by atoms with Crippen molar-refractivity contribution < 1.29 is 13.6 Å². The molecule has 1 aliphatic carbocycles. The van der Waals surface area contributed by atoms with Gasteiger partial charge in [0, 0.05) is 0 Å². The molecule has 0 spiro atoms. The Morgan fingerprint density at radius 1 is 1.29 bits per heavy atom. The van der Waals surface area contributed by atoms with Gasteiger partial charge in [0.2, 0.25) is 0 Å². The molecule has 0 radical (unpaired) electrons. The Kier molecular flexibility index (Phi) is 3.32. The summed E-state index contributed by atoms with van der Waals surface area (Å²) in [6.07, 6.45) is 2.60. The Balaban J connectivity index is 2.47. The van der Waals surface area contributed by atoms with Gasteiger partial charge >= 0.3 is 0 Å². The number of Topliss-reactive ketones (excluding diaryl/α,β-unsaturated/α-hetero) is 1. The number of ketones is 1.